The molecule has 0 spiro atoms. The number of carbonyl (C=O) groups excluding carboxylic acids is 1. The second kappa shape index (κ2) is 5.46. The first-order chi connectivity index (χ1) is 8.25. The van der Waals surface area contributed by atoms with E-state index in [0.717, 1.165) is 5.56 Å². The van der Waals surface area contributed by atoms with Crippen LogP contribution in [0.4, 0.5) is 0 Å². The predicted molar refractivity (Wildman–Crippen MR) is 66.9 cm³/mol. The lowest BCUT2D eigenvalue weighted by atomic mass is 10.2. The van der Waals surface area contributed by atoms with Gasteiger partial charge in [0, 0.05) is 18.9 Å². The second-order valence-corrected chi connectivity index (χ2v) is 4.00. The van der Waals surface area contributed by atoms with Crippen LogP contribution in [0.2, 0.25) is 5.02 Å². The average molecular weight is 247 g/mol. The van der Waals surface area contributed by atoms with Gasteiger partial charge in [0.05, 0.1) is 10.6 Å². The Morgan fingerprint density at radius 3 is 2.71 bits per heavy atom. The number of pyridine rings is 1. The molecule has 4 heteroatoms. The van der Waals surface area contributed by atoms with Gasteiger partial charge in [-0.25, -0.2) is 0 Å². The number of nitrogens with one attached hydrogen (secondary N) is 1. The van der Waals surface area contributed by atoms with Crippen LogP contribution in [0.25, 0.3) is 0 Å². The van der Waals surface area contributed by atoms with Crippen LogP contribution >= 0.6 is 11.6 Å². The van der Waals surface area contributed by atoms with Crippen molar-refractivity contribution < 1.29 is 4.79 Å². The number of halogens is 1. The highest BCUT2D eigenvalue weighted by Crippen LogP contribution is 2.08. The van der Waals surface area contributed by atoms with Crippen molar-refractivity contribution in [2.75, 3.05) is 0 Å². The Morgan fingerprint density at radius 1 is 1.24 bits per heavy atom. The van der Waals surface area contributed by atoms with E-state index in [-0.39, 0.29) is 5.91 Å². The molecular weight excluding hydrogens is 236 g/mol. The van der Waals surface area contributed by atoms with Gasteiger partial charge in [0.1, 0.15) is 0 Å². The van der Waals surface area contributed by atoms with Gasteiger partial charge in [-0.15, -0.1) is 0 Å². The third-order valence-corrected chi connectivity index (χ3v) is 2.47. The SMILES string of the molecule is O=C(NCc1ccccc1)c1cncc(Cl)c1. The molecule has 86 valence electrons. The average Bonchev–Trinajstić information content (AvgIpc) is 2.37. The zero-order chi connectivity index (χ0) is 12.1. The van der Waals surface area contributed by atoms with Gasteiger partial charge in [0.15, 0.2) is 0 Å². The molecule has 0 aliphatic heterocycles. The molecular formula is C13H11ClN2O. The van der Waals surface area contributed by atoms with Crippen molar-refractivity contribution in [3.63, 3.8) is 0 Å². The normalized spacial score (nSPS) is 9.94. The molecule has 2 rings (SSSR count). The number of aromatic nitrogens is 1. The Morgan fingerprint density at radius 2 is 2.00 bits per heavy atom. The Kier molecular flexibility index (Phi) is 3.73. The first-order valence-electron chi connectivity index (χ1n) is 5.18. The van der Waals surface area contributed by atoms with Crippen LogP contribution in [0.1, 0.15) is 15.9 Å². The van der Waals surface area contributed by atoms with Crippen LogP contribution in [0.5, 0.6) is 0 Å². The van der Waals surface area contributed by atoms with Crippen molar-refractivity contribution in [1.29, 1.82) is 0 Å². The molecule has 1 heterocycles. The fourth-order valence-corrected chi connectivity index (χ4v) is 1.59. The summed E-state index contributed by atoms with van der Waals surface area (Å²) in [4.78, 5) is 15.6. The first-order valence-corrected chi connectivity index (χ1v) is 5.56. The zero-order valence-corrected chi connectivity index (χ0v) is 9.82. The van der Waals surface area contributed by atoms with Crippen molar-refractivity contribution in [3.05, 3.63) is 64.9 Å². The largest absolute Gasteiger partial charge is 0.348 e. The van der Waals surface area contributed by atoms with Gasteiger partial charge < -0.3 is 5.32 Å². The minimum Gasteiger partial charge on any atom is -0.348 e. The van der Waals surface area contributed by atoms with Crippen LogP contribution in [0.3, 0.4) is 0 Å². The highest BCUT2D eigenvalue weighted by molar-refractivity contribution is 6.30. The standard InChI is InChI=1S/C13H11ClN2O/c14-12-6-11(8-15-9-12)13(17)16-7-10-4-2-1-3-5-10/h1-6,8-9H,7H2,(H,16,17). The fourth-order valence-electron chi connectivity index (χ4n) is 1.42. The van der Waals surface area contributed by atoms with E-state index in [4.69, 9.17) is 11.6 Å². The molecule has 0 saturated carbocycles. The Hall–Kier alpha value is -1.87. The maximum Gasteiger partial charge on any atom is 0.253 e. The van der Waals surface area contributed by atoms with Crippen molar-refractivity contribution in [1.82, 2.24) is 10.3 Å². The predicted octanol–water partition coefficient (Wildman–Crippen LogP) is 2.67. The maximum absolute atomic E-state index is 11.8. The third kappa shape index (κ3) is 3.29. The molecule has 0 atom stereocenters. The summed E-state index contributed by atoms with van der Waals surface area (Å²) in [5.41, 5.74) is 1.52. The number of benzene rings is 1. The minimum atomic E-state index is -0.177. The summed E-state index contributed by atoms with van der Waals surface area (Å²) in [5.74, 6) is -0.177. The van der Waals surface area contributed by atoms with Gasteiger partial charge in [0.2, 0.25) is 0 Å². The van der Waals surface area contributed by atoms with E-state index < -0.39 is 0 Å². The van der Waals surface area contributed by atoms with Gasteiger partial charge >= 0.3 is 0 Å². The van der Waals surface area contributed by atoms with Crippen LogP contribution in [0.15, 0.2) is 48.8 Å². The van der Waals surface area contributed by atoms with E-state index >= 15 is 0 Å². The van der Waals surface area contributed by atoms with E-state index in [1.165, 1.54) is 12.4 Å². The van der Waals surface area contributed by atoms with Crippen LogP contribution in [-0.2, 0) is 6.54 Å². The lowest BCUT2D eigenvalue weighted by Gasteiger charge is -2.05. The van der Waals surface area contributed by atoms with Crippen molar-refractivity contribution in [2.24, 2.45) is 0 Å². The molecule has 1 aromatic carbocycles. The number of hydrogen-bond donors (Lipinski definition) is 1. The van der Waals surface area contributed by atoms with Gasteiger partial charge in [-0.1, -0.05) is 41.9 Å². The molecule has 3 nitrogen and oxygen atoms in total. The maximum atomic E-state index is 11.8. The van der Waals surface area contributed by atoms with Gasteiger partial charge in [0.25, 0.3) is 5.91 Å². The first kappa shape index (κ1) is 11.6. The monoisotopic (exact) mass is 246 g/mol. The van der Waals surface area contributed by atoms with Gasteiger partial charge in [-0.05, 0) is 11.6 Å². The van der Waals surface area contributed by atoms with E-state index in [9.17, 15) is 4.79 Å². The van der Waals surface area contributed by atoms with Crippen LogP contribution in [-0.4, -0.2) is 10.9 Å². The topological polar surface area (TPSA) is 42.0 Å². The fraction of sp³-hybridized carbons (Fsp3) is 0.0769. The molecule has 0 unspecified atom stereocenters. The zero-order valence-electron chi connectivity index (χ0n) is 9.06. The lowest BCUT2D eigenvalue weighted by Crippen LogP contribution is -2.22. The van der Waals surface area contributed by atoms with E-state index in [1.54, 1.807) is 6.07 Å². The number of nitrogens with zero attached hydrogens (tertiary/aromatic N) is 1. The Balaban J connectivity index is 1.98. The van der Waals surface area contributed by atoms with E-state index in [1.807, 2.05) is 30.3 Å². The molecule has 0 radical (unpaired) electrons. The van der Waals surface area contributed by atoms with Gasteiger partial charge in [-0.2, -0.15) is 0 Å². The summed E-state index contributed by atoms with van der Waals surface area (Å²) in [5, 5.41) is 3.26. The summed E-state index contributed by atoms with van der Waals surface area (Å²) in [7, 11) is 0. The summed E-state index contributed by atoms with van der Waals surface area (Å²) in [6.45, 7) is 0.492. The molecule has 0 saturated heterocycles. The lowest BCUT2D eigenvalue weighted by molar-refractivity contribution is 0.0950. The molecule has 2 aromatic rings. The third-order valence-electron chi connectivity index (χ3n) is 2.26. The summed E-state index contributed by atoms with van der Waals surface area (Å²) < 4.78 is 0. The number of hydrogen-bond acceptors (Lipinski definition) is 2. The molecule has 17 heavy (non-hydrogen) atoms. The summed E-state index contributed by atoms with van der Waals surface area (Å²) in [6, 6.07) is 11.3. The van der Waals surface area contributed by atoms with Crippen molar-refractivity contribution in [2.45, 2.75) is 6.54 Å². The Labute approximate surface area is 104 Å². The van der Waals surface area contributed by atoms with E-state index in [2.05, 4.69) is 10.3 Å². The molecule has 0 fully saturated rings. The molecule has 0 aliphatic rings. The van der Waals surface area contributed by atoms with Crippen molar-refractivity contribution >= 4 is 17.5 Å². The van der Waals surface area contributed by atoms with Crippen LogP contribution < -0.4 is 5.32 Å². The smallest absolute Gasteiger partial charge is 0.253 e. The van der Waals surface area contributed by atoms with Gasteiger partial charge in [-0.3, -0.25) is 9.78 Å². The highest BCUT2D eigenvalue weighted by Gasteiger charge is 2.05. The number of amides is 1. The molecule has 1 aromatic heterocycles. The molecule has 0 aliphatic carbocycles. The second-order valence-electron chi connectivity index (χ2n) is 3.56. The quantitative estimate of drug-likeness (QED) is 0.905. The highest BCUT2D eigenvalue weighted by atomic mass is 35.5. The minimum absolute atomic E-state index is 0.177. The molecule has 0 bridgehead atoms. The number of rotatable bonds is 3. The number of carbonyl (C=O) groups is 1. The van der Waals surface area contributed by atoms with E-state index in [0.29, 0.717) is 17.1 Å². The Bertz CT molecular complexity index is 514. The van der Waals surface area contributed by atoms with Crippen LogP contribution in [0, 0.1) is 0 Å². The summed E-state index contributed by atoms with van der Waals surface area (Å²) in [6.07, 6.45) is 2.99. The molecule has 1 N–H and O–H groups in total. The molecule has 1 amide bonds. The summed E-state index contributed by atoms with van der Waals surface area (Å²) >= 11 is 5.76. The van der Waals surface area contributed by atoms with Crippen molar-refractivity contribution in [3.8, 4) is 0 Å².